The number of methoxy groups -OCH3 is 2. The van der Waals surface area contributed by atoms with Crippen LogP contribution in [0.25, 0.3) is 0 Å². The predicted molar refractivity (Wildman–Crippen MR) is 78.9 cm³/mol. The molecular formula is C16H15NO4. The van der Waals surface area contributed by atoms with Crippen molar-refractivity contribution in [1.82, 2.24) is 0 Å². The average Bonchev–Trinajstić information content (AvgIpc) is 2.54. The van der Waals surface area contributed by atoms with Crippen molar-refractivity contribution in [3.63, 3.8) is 0 Å². The second kappa shape index (κ2) is 6.56. The monoisotopic (exact) mass is 285 g/mol. The minimum atomic E-state index is -0.627. The van der Waals surface area contributed by atoms with Crippen molar-refractivity contribution in [3.05, 3.63) is 59.7 Å². The van der Waals surface area contributed by atoms with Crippen LogP contribution in [0.1, 0.15) is 15.9 Å². The van der Waals surface area contributed by atoms with E-state index in [2.05, 4.69) is 10.1 Å². The molecule has 0 heterocycles. The maximum atomic E-state index is 12.4. The molecule has 21 heavy (non-hydrogen) atoms. The highest BCUT2D eigenvalue weighted by Crippen LogP contribution is 2.26. The van der Waals surface area contributed by atoms with Gasteiger partial charge in [-0.15, -0.1) is 0 Å². The van der Waals surface area contributed by atoms with Crippen molar-refractivity contribution >= 4 is 17.6 Å². The molecule has 2 aromatic rings. The number of ketones is 1. The standard InChI is InChI=1S/C16H15NO4/c1-20-14-9-8-12(10-13(14)17-16(19)21-2)15(18)11-6-4-3-5-7-11/h3-10H,1-2H3,(H,17,19). The number of carbonyl (C=O) groups excluding carboxylic acids is 2. The van der Waals surface area contributed by atoms with E-state index in [1.54, 1.807) is 42.5 Å². The Morgan fingerprint density at radius 2 is 1.67 bits per heavy atom. The minimum Gasteiger partial charge on any atom is -0.495 e. The van der Waals surface area contributed by atoms with Crippen LogP contribution in [0.15, 0.2) is 48.5 Å². The summed E-state index contributed by atoms with van der Waals surface area (Å²) in [6.45, 7) is 0. The van der Waals surface area contributed by atoms with Crippen molar-refractivity contribution in [2.75, 3.05) is 19.5 Å². The number of carbonyl (C=O) groups is 2. The van der Waals surface area contributed by atoms with E-state index in [4.69, 9.17) is 4.74 Å². The van der Waals surface area contributed by atoms with Gasteiger partial charge in [0.25, 0.3) is 0 Å². The smallest absolute Gasteiger partial charge is 0.411 e. The van der Waals surface area contributed by atoms with Gasteiger partial charge in [0.05, 0.1) is 19.9 Å². The lowest BCUT2D eigenvalue weighted by Gasteiger charge is -2.11. The number of hydrogen-bond donors (Lipinski definition) is 1. The number of amides is 1. The summed E-state index contributed by atoms with van der Waals surface area (Å²) in [5, 5.41) is 2.52. The first-order chi connectivity index (χ1) is 10.2. The van der Waals surface area contributed by atoms with Gasteiger partial charge in [0, 0.05) is 11.1 Å². The first-order valence-electron chi connectivity index (χ1n) is 6.28. The highest BCUT2D eigenvalue weighted by Gasteiger charge is 2.13. The van der Waals surface area contributed by atoms with Crippen LogP contribution in [-0.2, 0) is 4.74 Å². The summed E-state index contributed by atoms with van der Waals surface area (Å²) in [7, 11) is 2.75. The summed E-state index contributed by atoms with van der Waals surface area (Å²) in [6.07, 6.45) is -0.627. The average molecular weight is 285 g/mol. The first kappa shape index (κ1) is 14.6. The maximum absolute atomic E-state index is 12.4. The molecule has 0 saturated carbocycles. The van der Waals surface area contributed by atoms with Crippen LogP contribution in [0.4, 0.5) is 10.5 Å². The highest BCUT2D eigenvalue weighted by molar-refractivity contribution is 6.09. The molecule has 108 valence electrons. The van der Waals surface area contributed by atoms with Gasteiger partial charge in [-0.2, -0.15) is 0 Å². The number of anilines is 1. The van der Waals surface area contributed by atoms with Gasteiger partial charge in [0.15, 0.2) is 5.78 Å². The van der Waals surface area contributed by atoms with Gasteiger partial charge in [0.1, 0.15) is 5.75 Å². The van der Waals surface area contributed by atoms with Crippen molar-refractivity contribution in [2.24, 2.45) is 0 Å². The first-order valence-corrected chi connectivity index (χ1v) is 6.28. The lowest BCUT2D eigenvalue weighted by molar-refractivity contribution is 0.103. The lowest BCUT2D eigenvalue weighted by atomic mass is 10.0. The Kier molecular flexibility index (Phi) is 4.56. The van der Waals surface area contributed by atoms with Gasteiger partial charge >= 0.3 is 6.09 Å². The largest absolute Gasteiger partial charge is 0.495 e. The SMILES string of the molecule is COC(=O)Nc1cc(C(=O)c2ccccc2)ccc1OC. The van der Waals surface area contributed by atoms with Crippen LogP contribution < -0.4 is 10.1 Å². The molecule has 0 radical (unpaired) electrons. The van der Waals surface area contributed by atoms with Crippen LogP contribution in [0.2, 0.25) is 0 Å². The molecule has 0 atom stereocenters. The van der Waals surface area contributed by atoms with E-state index in [9.17, 15) is 9.59 Å². The van der Waals surface area contributed by atoms with Crippen LogP contribution in [-0.4, -0.2) is 26.1 Å². The van der Waals surface area contributed by atoms with E-state index < -0.39 is 6.09 Å². The second-order valence-electron chi connectivity index (χ2n) is 4.23. The van der Waals surface area contributed by atoms with Crippen LogP contribution in [0.3, 0.4) is 0 Å². The molecule has 0 fully saturated rings. The molecule has 5 heteroatoms. The fourth-order valence-electron chi connectivity index (χ4n) is 1.86. The molecule has 0 bridgehead atoms. The van der Waals surface area contributed by atoms with E-state index in [-0.39, 0.29) is 5.78 Å². The number of nitrogens with one attached hydrogen (secondary N) is 1. The van der Waals surface area contributed by atoms with E-state index in [0.29, 0.717) is 22.6 Å². The normalized spacial score (nSPS) is 9.81. The van der Waals surface area contributed by atoms with Crippen LogP contribution in [0.5, 0.6) is 5.75 Å². The highest BCUT2D eigenvalue weighted by atomic mass is 16.5. The zero-order valence-electron chi connectivity index (χ0n) is 11.8. The zero-order valence-corrected chi connectivity index (χ0v) is 11.8. The molecule has 0 aromatic heterocycles. The van der Waals surface area contributed by atoms with Crippen molar-refractivity contribution in [2.45, 2.75) is 0 Å². The van der Waals surface area contributed by atoms with Gasteiger partial charge < -0.3 is 9.47 Å². The van der Waals surface area contributed by atoms with Crippen LogP contribution in [0, 0.1) is 0 Å². The number of rotatable bonds is 4. The van der Waals surface area contributed by atoms with E-state index in [1.165, 1.54) is 14.2 Å². The van der Waals surface area contributed by atoms with Gasteiger partial charge in [-0.1, -0.05) is 30.3 Å². The van der Waals surface area contributed by atoms with Crippen molar-refractivity contribution < 1.29 is 19.1 Å². The van der Waals surface area contributed by atoms with Gasteiger partial charge in [-0.05, 0) is 18.2 Å². The Balaban J connectivity index is 2.35. The molecule has 0 spiro atoms. The molecule has 0 saturated heterocycles. The third-order valence-corrected chi connectivity index (χ3v) is 2.92. The molecule has 0 aliphatic heterocycles. The lowest BCUT2D eigenvalue weighted by Crippen LogP contribution is -2.12. The van der Waals surface area contributed by atoms with E-state index in [1.807, 2.05) is 6.07 Å². The Bertz CT molecular complexity index is 653. The number of ether oxygens (including phenoxy) is 2. The summed E-state index contributed by atoms with van der Waals surface area (Å²) in [5.74, 6) is 0.316. The fourth-order valence-corrected chi connectivity index (χ4v) is 1.86. The molecule has 2 rings (SSSR count). The molecule has 1 amide bonds. The second-order valence-corrected chi connectivity index (χ2v) is 4.23. The van der Waals surface area contributed by atoms with Gasteiger partial charge in [-0.25, -0.2) is 4.79 Å². The Labute approximate surface area is 122 Å². The van der Waals surface area contributed by atoms with E-state index >= 15 is 0 Å². The summed E-state index contributed by atoms with van der Waals surface area (Å²) in [5.41, 5.74) is 1.41. The van der Waals surface area contributed by atoms with Gasteiger partial charge in [0.2, 0.25) is 0 Å². The predicted octanol–water partition coefficient (Wildman–Crippen LogP) is 3.10. The van der Waals surface area contributed by atoms with Gasteiger partial charge in [-0.3, -0.25) is 10.1 Å². The third-order valence-electron chi connectivity index (χ3n) is 2.92. The molecule has 2 aromatic carbocycles. The minimum absolute atomic E-state index is 0.133. The molecule has 1 N–H and O–H groups in total. The maximum Gasteiger partial charge on any atom is 0.411 e. The Morgan fingerprint density at radius 1 is 0.952 bits per heavy atom. The molecule has 0 unspecified atom stereocenters. The summed E-state index contributed by atoms with van der Waals surface area (Å²) < 4.78 is 9.70. The quantitative estimate of drug-likeness (QED) is 0.877. The number of hydrogen-bond acceptors (Lipinski definition) is 4. The van der Waals surface area contributed by atoms with E-state index in [0.717, 1.165) is 0 Å². The number of benzene rings is 2. The summed E-state index contributed by atoms with van der Waals surface area (Å²) >= 11 is 0. The summed E-state index contributed by atoms with van der Waals surface area (Å²) in [6, 6.07) is 13.7. The van der Waals surface area contributed by atoms with Crippen molar-refractivity contribution in [1.29, 1.82) is 0 Å². The van der Waals surface area contributed by atoms with Crippen molar-refractivity contribution in [3.8, 4) is 5.75 Å². The Hall–Kier alpha value is -2.82. The third kappa shape index (κ3) is 3.39. The fraction of sp³-hybridized carbons (Fsp3) is 0.125. The summed E-state index contributed by atoms with van der Waals surface area (Å²) in [4.78, 5) is 23.7. The Morgan fingerprint density at radius 3 is 2.29 bits per heavy atom. The van der Waals surface area contributed by atoms with Crippen LogP contribution >= 0.6 is 0 Å². The topological polar surface area (TPSA) is 64.6 Å². The molecule has 5 nitrogen and oxygen atoms in total. The molecule has 0 aliphatic carbocycles. The zero-order chi connectivity index (χ0) is 15.2. The molecular weight excluding hydrogens is 270 g/mol. The molecule has 0 aliphatic rings.